The molecule has 1 amide bonds. The number of carboxylic acid groups (broad SMARTS) is 3. The minimum atomic E-state index is -1.17. The van der Waals surface area contributed by atoms with Gasteiger partial charge in [-0.05, 0) is 6.42 Å². The summed E-state index contributed by atoms with van der Waals surface area (Å²) in [5.74, 6) is -3.61. The zero-order chi connectivity index (χ0) is 27.2. The van der Waals surface area contributed by atoms with E-state index in [9.17, 15) is 19.2 Å². The molecule has 0 aliphatic carbocycles. The van der Waals surface area contributed by atoms with Gasteiger partial charge in [0.05, 0.1) is 26.2 Å². The minimum Gasteiger partial charge on any atom is -0.480 e. The van der Waals surface area contributed by atoms with E-state index in [1.807, 2.05) is 0 Å². The number of carbonyl (C=O) groups excluding carboxylic acids is 1. The van der Waals surface area contributed by atoms with Crippen LogP contribution < -0.4 is 5.32 Å². The number of carboxylic acids is 3. The van der Waals surface area contributed by atoms with Gasteiger partial charge in [0.2, 0.25) is 5.91 Å². The van der Waals surface area contributed by atoms with Crippen LogP contribution in [0.15, 0.2) is 0 Å². The van der Waals surface area contributed by atoms with E-state index in [0.717, 1.165) is 12.8 Å². The Kier molecular flexibility index (Phi) is 20.6. The molecule has 0 rings (SSSR count). The molecule has 0 atom stereocenters. The maximum Gasteiger partial charge on any atom is 0.317 e. The van der Waals surface area contributed by atoms with E-state index in [1.54, 1.807) is 0 Å². The van der Waals surface area contributed by atoms with Crippen molar-refractivity contribution in [3.63, 3.8) is 0 Å². The first-order chi connectivity index (χ1) is 17.1. The summed E-state index contributed by atoms with van der Waals surface area (Å²) in [7, 11) is 5.90. The number of carbonyl (C=O) groups is 4. The molecule has 0 unspecified atom stereocenters. The van der Waals surface area contributed by atoms with Gasteiger partial charge in [0.1, 0.15) is 0 Å². The number of unbranched alkanes of at least 4 members (excludes halogenated alkanes) is 9. The van der Waals surface area contributed by atoms with Crippen LogP contribution in [0, 0.1) is 7.05 Å². The molecule has 36 heavy (non-hydrogen) atoms. The molecule has 0 heterocycles. The third-order valence-corrected chi connectivity index (χ3v) is 5.71. The first-order valence-electron chi connectivity index (χ1n) is 13.0. The SMILES string of the molecule is [CH]N(CCN(CCN(CC(=O)O)CC(=O)O)CC(=O)O)CC(=O)NCCCCCCCCCCCC. The Morgan fingerprint density at radius 1 is 0.611 bits per heavy atom. The van der Waals surface area contributed by atoms with Crippen LogP contribution >= 0.6 is 0 Å². The topological polar surface area (TPSA) is 151 Å². The lowest BCUT2D eigenvalue weighted by atomic mass is 10.1. The highest BCUT2D eigenvalue weighted by Gasteiger charge is 2.17. The first-order valence-corrected chi connectivity index (χ1v) is 13.0. The fourth-order valence-electron chi connectivity index (χ4n) is 3.77. The lowest BCUT2D eigenvalue weighted by molar-refractivity contribution is -0.143. The van der Waals surface area contributed by atoms with Gasteiger partial charge >= 0.3 is 17.9 Å². The number of nitrogens with zero attached hydrogens (tertiary/aromatic N) is 3. The number of aliphatic carboxylic acids is 3. The summed E-state index contributed by atoms with van der Waals surface area (Å²) in [5, 5.41) is 29.8. The van der Waals surface area contributed by atoms with E-state index in [2.05, 4.69) is 12.2 Å². The molecule has 4 N–H and O–H groups in total. The number of nitrogens with one attached hydrogen (secondary N) is 1. The molecule has 0 fully saturated rings. The quantitative estimate of drug-likeness (QED) is 0.105. The Bertz CT molecular complexity index is 618. The molecule has 0 aliphatic rings. The molecular weight excluding hydrogens is 468 g/mol. The van der Waals surface area contributed by atoms with Crippen LogP contribution in [0.4, 0.5) is 0 Å². The monoisotopic (exact) mass is 514 g/mol. The van der Waals surface area contributed by atoms with Crippen LogP contribution in [0.2, 0.25) is 0 Å². The van der Waals surface area contributed by atoms with E-state index >= 15 is 0 Å². The second-order valence-corrected chi connectivity index (χ2v) is 9.17. The fourth-order valence-corrected chi connectivity index (χ4v) is 3.77. The maximum atomic E-state index is 12.1. The van der Waals surface area contributed by atoms with Crippen LogP contribution in [0.25, 0.3) is 0 Å². The van der Waals surface area contributed by atoms with Gasteiger partial charge in [-0.1, -0.05) is 64.7 Å². The third kappa shape index (κ3) is 22.2. The lowest BCUT2D eigenvalue weighted by Crippen LogP contribution is -2.44. The Labute approximate surface area is 215 Å². The van der Waals surface area contributed by atoms with Crippen molar-refractivity contribution in [1.82, 2.24) is 20.0 Å². The van der Waals surface area contributed by atoms with Gasteiger partial charge in [-0.15, -0.1) is 0 Å². The summed E-state index contributed by atoms with van der Waals surface area (Å²) in [5.41, 5.74) is 0. The summed E-state index contributed by atoms with van der Waals surface area (Å²) in [6.45, 7) is 2.20. The molecule has 11 nitrogen and oxygen atoms in total. The molecule has 0 aliphatic heterocycles. The normalized spacial score (nSPS) is 11.4. The van der Waals surface area contributed by atoms with Crippen LogP contribution in [0.3, 0.4) is 0 Å². The molecule has 208 valence electrons. The second-order valence-electron chi connectivity index (χ2n) is 9.17. The highest BCUT2D eigenvalue weighted by Crippen LogP contribution is 2.10. The van der Waals surface area contributed by atoms with Crippen LogP contribution in [-0.4, -0.2) is 113 Å². The molecule has 11 heteroatoms. The van der Waals surface area contributed by atoms with Crippen LogP contribution in [0.1, 0.15) is 71.1 Å². The zero-order valence-electron chi connectivity index (χ0n) is 21.8. The van der Waals surface area contributed by atoms with Gasteiger partial charge in [0, 0.05) is 39.8 Å². The van der Waals surface area contributed by atoms with Crippen molar-refractivity contribution in [3.8, 4) is 0 Å². The van der Waals surface area contributed by atoms with E-state index in [0.29, 0.717) is 6.54 Å². The largest absolute Gasteiger partial charge is 0.480 e. The Balaban J connectivity index is 4.13. The molecule has 0 spiro atoms. The molecule has 0 aromatic heterocycles. The van der Waals surface area contributed by atoms with Gasteiger partial charge in [-0.3, -0.25) is 33.9 Å². The molecular formula is C25H46N4O7. The summed E-state index contributed by atoms with van der Waals surface area (Å²) >= 11 is 0. The maximum absolute atomic E-state index is 12.1. The summed E-state index contributed by atoms with van der Waals surface area (Å²) < 4.78 is 0. The molecule has 0 aromatic carbocycles. The van der Waals surface area contributed by atoms with E-state index in [4.69, 9.17) is 22.4 Å². The van der Waals surface area contributed by atoms with Crippen LogP contribution in [-0.2, 0) is 19.2 Å². The molecule has 0 aromatic rings. The van der Waals surface area contributed by atoms with Gasteiger partial charge in [-0.25, -0.2) is 0 Å². The van der Waals surface area contributed by atoms with Gasteiger partial charge in [-0.2, -0.15) is 0 Å². The molecule has 0 saturated heterocycles. The Morgan fingerprint density at radius 2 is 1.03 bits per heavy atom. The fraction of sp³-hybridized carbons (Fsp3) is 0.800. The number of rotatable bonds is 25. The molecule has 0 bridgehead atoms. The van der Waals surface area contributed by atoms with Crippen molar-refractivity contribution >= 4 is 23.8 Å². The average Bonchev–Trinajstić information content (AvgIpc) is 2.78. The minimum absolute atomic E-state index is 0.0250. The Morgan fingerprint density at radius 3 is 1.53 bits per heavy atom. The van der Waals surface area contributed by atoms with Crippen molar-refractivity contribution in [3.05, 3.63) is 7.05 Å². The average molecular weight is 515 g/mol. The summed E-state index contributed by atoms with van der Waals surface area (Å²) in [6.07, 6.45) is 12.2. The van der Waals surface area contributed by atoms with Crippen LogP contribution in [0.5, 0.6) is 0 Å². The highest BCUT2D eigenvalue weighted by atomic mass is 16.4. The van der Waals surface area contributed by atoms with Crippen molar-refractivity contribution in [1.29, 1.82) is 0 Å². The molecule has 2 radical (unpaired) electrons. The van der Waals surface area contributed by atoms with E-state index in [1.165, 1.54) is 66.1 Å². The standard InChI is InChI=1S/C25H46N4O7/c1-3-4-5-6-7-8-9-10-11-12-13-26-22(30)18-27(2)14-15-28(19-23(31)32)16-17-29(20-24(33)34)21-25(35)36/h2H,3-21H2,1H3,(H,26,30)(H,31,32)(H,33,34)(H,35,36). The van der Waals surface area contributed by atoms with Gasteiger partial charge in [0.15, 0.2) is 0 Å². The lowest BCUT2D eigenvalue weighted by Gasteiger charge is -2.26. The predicted molar refractivity (Wildman–Crippen MR) is 137 cm³/mol. The van der Waals surface area contributed by atoms with Gasteiger partial charge < -0.3 is 20.6 Å². The smallest absolute Gasteiger partial charge is 0.317 e. The number of amides is 1. The second kappa shape index (κ2) is 22.0. The third-order valence-electron chi connectivity index (χ3n) is 5.71. The first kappa shape index (κ1) is 33.8. The van der Waals surface area contributed by atoms with E-state index < -0.39 is 31.0 Å². The molecule has 0 saturated carbocycles. The summed E-state index contributed by atoms with van der Waals surface area (Å²) in [4.78, 5) is 49.1. The highest BCUT2D eigenvalue weighted by molar-refractivity contribution is 5.78. The number of hydrogen-bond donors (Lipinski definition) is 4. The van der Waals surface area contributed by atoms with Crippen molar-refractivity contribution in [2.45, 2.75) is 71.1 Å². The van der Waals surface area contributed by atoms with Crippen molar-refractivity contribution < 1.29 is 34.5 Å². The predicted octanol–water partition coefficient (Wildman–Crippen LogP) is 1.85. The Hall–Kier alpha value is -2.24. The van der Waals surface area contributed by atoms with Crippen molar-refractivity contribution in [2.75, 3.05) is 58.9 Å². The van der Waals surface area contributed by atoms with E-state index in [-0.39, 0.29) is 45.2 Å². The zero-order valence-corrected chi connectivity index (χ0v) is 21.8. The number of hydrogen-bond acceptors (Lipinski definition) is 7. The van der Waals surface area contributed by atoms with Gasteiger partial charge in [0.25, 0.3) is 0 Å². The van der Waals surface area contributed by atoms with Crippen molar-refractivity contribution in [2.24, 2.45) is 0 Å². The summed E-state index contributed by atoms with van der Waals surface area (Å²) in [6, 6.07) is 0.